The SMILES string of the molecule is Cc1nn(-c2cccc(C(F)(F)F)c2)c(C)c1C(=O)[O-]. The Hall–Kier alpha value is -2.31. The van der Waals surface area contributed by atoms with Gasteiger partial charge in [0.25, 0.3) is 0 Å². The molecule has 20 heavy (non-hydrogen) atoms. The van der Waals surface area contributed by atoms with Crippen molar-refractivity contribution < 1.29 is 23.1 Å². The molecule has 0 atom stereocenters. The summed E-state index contributed by atoms with van der Waals surface area (Å²) in [5.41, 5.74) is -0.366. The van der Waals surface area contributed by atoms with Crippen molar-refractivity contribution in [2.45, 2.75) is 20.0 Å². The molecule has 0 aliphatic rings. The fraction of sp³-hybridized carbons (Fsp3) is 0.231. The van der Waals surface area contributed by atoms with Crippen molar-refractivity contribution in [2.24, 2.45) is 0 Å². The Kier molecular flexibility index (Phi) is 3.29. The van der Waals surface area contributed by atoms with Crippen molar-refractivity contribution >= 4 is 5.97 Å². The number of hydrogen-bond acceptors (Lipinski definition) is 3. The Bertz CT molecular complexity index is 675. The largest absolute Gasteiger partial charge is 0.545 e. The minimum Gasteiger partial charge on any atom is -0.545 e. The van der Waals surface area contributed by atoms with Crippen molar-refractivity contribution in [2.75, 3.05) is 0 Å². The third-order valence-electron chi connectivity index (χ3n) is 2.91. The summed E-state index contributed by atoms with van der Waals surface area (Å²) in [4.78, 5) is 11.0. The van der Waals surface area contributed by atoms with E-state index in [0.717, 1.165) is 16.8 Å². The lowest BCUT2D eigenvalue weighted by atomic mass is 10.2. The van der Waals surface area contributed by atoms with Gasteiger partial charge in [0.05, 0.1) is 28.6 Å². The topological polar surface area (TPSA) is 58.0 Å². The van der Waals surface area contributed by atoms with Gasteiger partial charge in [0.1, 0.15) is 0 Å². The molecule has 0 unspecified atom stereocenters. The predicted molar refractivity (Wildman–Crippen MR) is 62.4 cm³/mol. The maximum Gasteiger partial charge on any atom is 0.416 e. The number of halogens is 3. The lowest BCUT2D eigenvalue weighted by Crippen LogP contribution is -2.23. The second-order valence-corrected chi connectivity index (χ2v) is 4.29. The molecule has 0 bridgehead atoms. The Morgan fingerprint density at radius 2 is 1.95 bits per heavy atom. The average molecular weight is 283 g/mol. The van der Waals surface area contributed by atoms with E-state index in [1.54, 1.807) is 0 Å². The highest BCUT2D eigenvalue weighted by Gasteiger charge is 2.30. The predicted octanol–water partition coefficient (Wildman–Crippen LogP) is 1.87. The van der Waals surface area contributed by atoms with Crippen LogP contribution in [0.25, 0.3) is 5.69 Å². The number of rotatable bonds is 2. The summed E-state index contributed by atoms with van der Waals surface area (Å²) >= 11 is 0. The number of carbonyl (C=O) groups excluding carboxylic acids is 1. The smallest absolute Gasteiger partial charge is 0.416 e. The van der Waals surface area contributed by atoms with Gasteiger partial charge in [-0.25, -0.2) is 4.68 Å². The number of aromatic carboxylic acids is 1. The van der Waals surface area contributed by atoms with Crippen molar-refractivity contribution in [1.82, 2.24) is 9.78 Å². The molecule has 0 saturated heterocycles. The zero-order valence-corrected chi connectivity index (χ0v) is 10.7. The van der Waals surface area contributed by atoms with Crippen molar-refractivity contribution in [3.8, 4) is 5.69 Å². The number of carboxylic acid groups (broad SMARTS) is 1. The van der Waals surface area contributed by atoms with E-state index >= 15 is 0 Å². The standard InChI is InChI=1S/C13H11F3N2O2/c1-7-11(12(19)20)8(2)18(17-7)10-5-3-4-9(6-10)13(14,15)16/h3-6H,1-2H3,(H,19,20)/p-1. The summed E-state index contributed by atoms with van der Waals surface area (Å²) in [5.74, 6) is -1.40. The zero-order chi connectivity index (χ0) is 15.1. The Balaban J connectivity index is 2.58. The Morgan fingerprint density at radius 3 is 2.45 bits per heavy atom. The molecule has 0 amide bonds. The van der Waals surface area contributed by atoms with Crippen LogP contribution >= 0.6 is 0 Å². The molecule has 106 valence electrons. The van der Waals surface area contributed by atoms with Crippen molar-refractivity contribution in [3.63, 3.8) is 0 Å². The highest BCUT2D eigenvalue weighted by atomic mass is 19.4. The normalized spacial score (nSPS) is 11.7. The highest BCUT2D eigenvalue weighted by molar-refractivity contribution is 5.88. The van der Waals surface area contributed by atoms with Crippen LogP contribution in [0.15, 0.2) is 24.3 Å². The number of alkyl halides is 3. The van der Waals surface area contributed by atoms with Gasteiger partial charge in [-0.1, -0.05) is 6.07 Å². The minimum atomic E-state index is -4.47. The molecule has 0 saturated carbocycles. The third-order valence-corrected chi connectivity index (χ3v) is 2.91. The van der Waals surface area contributed by atoms with Crippen LogP contribution in [0.1, 0.15) is 27.3 Å². The molecular formula is C13H10F3N2O2-. The van der Waals surface area contributed by atoms with Crippen LogP contribution < -0.4 is 5.11 Å². The highest BCUT2D eigenvalue weighted by Crippen LogP contribution is 2.30. The number of nitrogens with zero attached hydrogens (tertiary/aromatic N) is 2. The number of carbonyl (C=O) groups is 1. The van der Waals surface area contributed by atoms with Crippen LogP contribution in [0.4, 0.5) is 13.2 Å². The minimum absolute atomic E-state index is 0.109. The van der Waals surface area contributed by atoms with Gasteiger partial charge in [0.15, 0.2) is 0 Å². The maximum atomic E-state index is 12.7. The summed E-state index contributed by atoms with van der Waals surface area (Å²) < 4.78 is 39.2. The molecule has 1 aromatic carbocycles. The number of aryl methyl sites for hydroxylation is 1. The lowest BCUT2D eigenvalue weighted by molar-refractivity contribution is -0.255. The van der Waals surface area contributed by atoms with E-state index in [1.165, 1.54) is 26.0 Å². The fourth-order valence-electron chi connectivity index (χ4n) is 2.00. The van der Waals surface area contributed by atoms with Gasteiger partial charge in [-0.05, 0) is 32.0 Å². The maximum absolute atomic E-state index is 12.7. The average Bonchev–Trinajstić information content (AvgIpc) is 2.64. The summed E-state index contributed by atoms with van der Waals surface area (Å²) in [7, 11) is 0. The molecule has 2 rings (SSSR count). The van der Waals surface area contributed by atoms with E-state index in [-0.39, 0.29) is 22.6 Å². The van der Waals surface area contributed by atoms with Crippen LogP contribution in [-0.2, 0) is 6.18 Å². The van der Waals surface area contributed by atoms with Crippen LogP contribution in [-0.4, -0.2) is 15.7 Å². The Labute approximate surface area is 112 Å². The quantitative estimate of drug-likeness (QED) is 0.845. The van der Waals surface area contributed by atoms with Crippen LogP contribution in [0.5, 0.6) is 0 Å². The lowest BCUT2D eigenvalue weighted by Gasteiger charge is -2.10. The van der Waals surface area contributed by atoms with Crippen LogP contribution in [0, 0.1) is 13.8 Å². The zero-order valence-electron chi connectivity index (χ0n) is 10.7. The molecule has 1 heterocycles. The summed E-state index contributed by atoms with van der Waals surface area (Å²) in [5, 5.41) is 14.9. The van der Waals surface area contributed by atoms with E-state index in [4.69, 9.17) is 0 Å². The molecule has 1 aromatic heterocycles. The van der Waals surface area contributed by atoms with E-state index in [1.807, 2.05) is 0 Å². The van der Waals surface area contributed by atoms with Gasteiger partial charge in [-0.2, -0.15) is 18.3 Å². The van der Waals surface area contributed by atoms with Crippen molar-refractivity contribution in [1.29, 1.82) is 0 Å². The van der Waals surface area contributed by atoms with E-state index < -0.39 is 17.7 Å². The molecule has 0 aliphatic heterocycles. The summed E-state index contributed by atoms with van der Waals surface area (Å²) in [6, 6.07) is 4.52. The first-order valence-corrected chi connectivity index (χ1v) is 5.67. The van der Waals surface area contributed by atoms with E-state index in [9.17, 15) is 23.1 Å². The molecular weight excluding hydrogens is 273 g/mol. The van der Waals surface area contributed by atoms with Gasteiger partial charge in [-0.15, -0.1) is 0 Å². The molecule has 2 aromatic rings. The molecule has 0 radical (unpaired) electrons. The van der Waals surface area contributed by atoms with Gasteiger partial charge in [0, 0.05) is 5.56 Å². The first-order chi connectivity index (χ1) is 9.21. The Morgan fingerprint density at radius 1 is 1.30 bits per heavy atom. The van der Waals surface area contributed by atoms with Gasteiger partial charge in [0.2, 0.25) is 0 Å². The first-order valence-electron chi connectivity index (χ1n) is 5.67. The molecule has 0 N–H and O–H groups in total. The van der Waals surface area contributed by atoms with Gasteiger partial charge < -0.3 is 9.90 Å². The van der Waals surface area contributed by atoms with E-state index in [2.05, 4.69) is 5.10 Å². The van der Waals surface area contributed by atoms with E-state index in [0.29, 0.717) is 0 Å². The fourth-order valence-corrected chi connectivity index (χ4v) is 2.00. The molecule has 0 spiro atoms. The second-order valence-electron chi connectivity index (χ2n) is 4.29. The monoisotopic (exact) mass is 283 g/mol. The van der Waals surface area contributed by atoms with Crippen LogP contribution in [0.2, 0.25) is 0 Å². The molecule has 0 fully saturated rings. The molecule has 7 heteroatoms. The summed E-state index contributed by atoms with van der Waals surface area (Å²) in [6.07, 6.45) is -4.47. The van der Waals surface area contributed by atoms with Gasteiger partial charge in [-0.3, -0.25) is 0 Å². The number of aromatic nitrogens is 2. The van der Waals surface area contributed by atoms with Crippen LogP contribution in [0.3, 0.4) is 0 Å². The molecule has 4 nitrogen and oxygen atoms in total. The van der Waals surface area contributed by atoms with Gasteiger partial charge >= 0.3 is 6.18 Å². The number of carboxylic acids is 1. The molecule has 0 aliphatic carbocycles. The number of hydrogen-bond donors (Lipinski definition) is 0. The third kappa shape index (κ3) is 2.38. The van der Waals surface area contributed by atoms with Crippen molar-refractivity contribution in [3.05, 3.63) is 46.8 Å². The first kappa shape index (κ1) is 14.1. The second kappa shape index (κ2) is 4.66. The summed E-state index contributed by atoms with van der Waals surface area (Å²) in [6.45, 7) is 2.92. The number of benzene rings is 1.